The van der Waals surface area contributed by atoms with E-state index in [0.29, 0.717) is 24.5 Å². The fourth-order valence-electron chi connectivity index (χ4n) is 3.29. The van der Waals surface area contributed by atoms with Gasteiger partial charge in [-0.2, -0.15) is 0 Å². The van der Waals surface area contributed by atoms with E-state index in [1.165, 1.54) is 4.31 Å². The third kappa shape index (κ3) is 3.74. The number of likely N-dealkylation sites (N-methyl/N-ethyl adjacent to an activating group) is 1. The van der Waals surface area contributed by atoms with Crippen LogP contribution < -0.4 is 9.04 Å². The predicted molar refractivity (Wildman–Crippen MR) is 96.5 cm³/mol. The van der Waals surface area contributed by atoms with E-state index in [2.05, 4.69) is 11.8 Å². The molecule has 1 saturated heterocycles. The van der Waals surface area contributed by atoms with Crippen LogP contribution in [0.25, 0.3) is 0 Å². The molecule has 2 heterocycles. The Balaban J connectivity index is 1.82. The number of carbonyl (C=O) groups excluding carboxylic acids is 1. The third-order valence-electron chi connectivity index (χ3n) is 4.79. The number of hydrogen-bond acceptors (Lipinski definition) is 5. The van der Waals surface area contributed by atoms with Crippen LogP contribution in [-0.2, 0) is 14.8 Å². The fourth-order valence-corrected chi connectivity index (χ4v) is 4.20. The van der Waals surface area contributed by atoms with Crippen molar-refractivity contribution in [1.82, 2.24) is 9.80 Å². The molecule has 1 unspecified atom stereocenters. The lowest BCUT2D eigenvalue weighted by Gasteiger charge is -2.39. The van der Waals surface area contributed by atoms with Gasteiger partial charge in [0.1, 0.15) is 5.75 Å². The summed E-state index contributed by atoms with van der Waals surface area (Å²) >= 11 is 0. The van der Waals surface area contributed by atoms with Gasteiger partial charge in [0, 0.05) is 26.2 Å². The zero-order valence-electron chi connectivity index (χ0n) is 14.9. The second-order valence-corrected chi connectivity index (χ2v) is 8.54. The van der Waals surface area contributed by atoms with Crippen molar-refractivity contribution in [1.29, 1.82) is 0 Å². The lowest BCUT2D eigenvalue weighted by atomic mass is 10.1. The van der Waals surface area contributed by atoms with Crippen LogP contribution in [0.5, 0.6) is 5.75 Å². The Morgan fingerprint density at radius 2 is 1.92 bits per heavy atom. The summed E-state index contributed by atoms with van der Waals surface area (Å²) in [5.74, 6) is 0.295. The Morgan fingerprint density at radius 1 is 1.24 bits per heavy atom. The first kappa shape index (κ1) is 18.0. The van der Waals surface area contributed by atoms with Crippen LogP contribution in [0.15, 0.2) is 18.2 Å². The molecule has 0 aliphatic carbocycles. The van der Waals surface area contributed by atoms with Gasteiger partial charge < -0.3 is 14.5 Å². The number of rotatable bonds is 3. The lowest BCUT2D eigenvalue weighted by molar-refractivity contribution is -0.140. The SMILES string of the molecule is CCN1CCN(C(=O)C2CN(S(C)(=O)=O)c3cc(C)ccc3O2)CC1. The second kappa shape index (κ2) is 6.84. The number of carbonyl (C=O) groups is 1. The molecular weight excluding hydrogens is 342 g/mol. The summed E-state index contributed by atoms with van der Waals surface area (Å²) in [4.78, 5) is 16.9. The van der Waals surface area contributed by atoms with Gasteiger partial charge in [-0.3, -0.25) is 9.10 Å². The Hall–Kier alpha value is -1.80. The summed E-state index contributed by atoms with van der Waals surface area (Å²) in [5, 5.41) is 0. The summed E-state index contributed by atoms with van der Waals surface area (Å²) in [5.41, 5.74) is 1.44. The van der Waals surface area contributed by atoms with Gasteiger partial charge in [0.15, 0.2) is 6.10 Å². The summed E-state index contributed by atoms with van der Waals surface area (Å²) in [6.07, 6.45) is 0.351. The van der Waals surface area contributed by atoms with Gasteiger partial charge in [0.25, 0.3) is 5.91 Å². The number of ether oxygens (including phenoxy) is 1. The van der Waals surface area contributed by atoms with E-state index >= 15 is 0 Å². The molecule has 0 N–H and O–H groups in total. The van der Waals surface area contributed by atoms with Crippen molar-refractivity contribution >= 4 is 21.6 Å². The Labute approximate surface area is 149 Å². The first-order valence-corrected chi connectivity index (χ1v) is 10.4. The third-order valence-corrected chi connectivity index (χ3v) is 5.94. The smallest absolute Gasteiger partial charge is 0.265 e. The Bertz CT molecular complexity index is 757. The maximum absolute atomic E-state index is 12.9. The van der Waals surface area contributed by atoms with E-state index in [-0.39, 0.29) is 12.5 Å². The van der Waals surface area contributed by atoms with E-state index in [1.54, 1.807) is 17.0 Å². The van der Waals surface area contributed by atoms with Crippen molar-refractivity contribution < 1.29 is 17.9 Å². The van der Waals surface area contributed by atoms with Crippen LogP contribution in [-0.4, -0.2) is 75.8 Å². The summed E-state index contributed by atoms with van der Waals surface area (Å²) in [6, 6.07) is 5.36. The number of anilines is 1. The minimum atomic E-state index is -3.49. The van der Waals surface area contributed by atoms with E-state index in [9.17, 15) is 13.2 Å². The first-order chi connectivity index (χ1) is 11.8. The highest BCUT2D eigenvalue weighted by atomic mass is 32.2. The average Bonchev–Trinajstić information content (AvgIpc) is 2.59. The van der Waals surface area contributed by atoms with Crippen LogP contribution in [0.1, 0.15) is 12.5 Å². The maximum Gasteiger partial charge on any atom is 0.265 e. The molecular formula is C17H25N3O4S. The molecule has 0 bridgehead atoms. The zero-order valence-corrected chi connectivity index (χ0v) is 15.8. The van der Waals surface area contributed by atoms with Crippen molar-refractivity contribution in [2.24, 2.45) is 0 Å². The molecule has 25 heavy (non-hydrogen) atoms. The van der Waals surface area contributed by atoms with Crippen LogP contribution in [0, 0.1) is 6.92 Å². The fraction of sp³-hybridized carbons (Fsp3) is 0.588. The predicted octanol–water partition coefficient (Wildman–Crippen LogP) is 0.686. The van der Waals surface area contributed by atoms with Crippen LogP contribution in [0.4, 0.5) is 5.69 Å². The van der Waals surface area contributed by atoms with Crippen LogP contribution in [0.3, 0.4) is 0 Å². The lowest BCUT2D eigenvalue weighted by Crippen LogP contribution is -2.56. The molecule has 0 saturated carbocycles. The molecule has 1 amide bonds. The molecule has 138 valence electrons. The topological polar surface area (TPSA) is 70.2 Å². The second-order valence-electron chi connectivity index (χ2n) is 6.63. The number of hydrogen-bond donors (Lipinski definition) is 0. The zero-order chi connectivity index (χ0) is 18.2. The van der Waals surface area contributed by atoms with Crippen molar-refractivity contribution in [2.75, 3.05) is 49.8 Å². The van der Waals surface area contributed by atoms with E-state index in [4.69, 9.17) is 4.74 Å². The standard InChI is InChI=1S/C17H25N3O4S/c1-4-18-7-9-19(10-8-18)17(21)16-12-20(25(3,22)23)14-11-13(2)5-6-15(14)24-16/h5-6,11,16H,4,7-10,12H2,1-3H3. The van der Waals surface area contributed by atoms with Crippen LogP contribution >= 0.6 is 0 Å². The molecule has 1 aromatic rings. The Morgan fingerprint density at radius 3 is 2.52 bits per heavy atom. The molecule has 1 fully saturated rings. The molecule has 7 nitrogen and oxygen atoms in total. The summed E-state index contributed by atoms with van der Waals surface area (Å²) in [6.45, 7) is 7.94. The Kier molecular flexibility index (Phi) is 4.92. The molecule has 8 heteroatoms. The van der Waals surface area contributed by atoms with E-state index < -0.39 is 16.1 Å². The molecule has 3 rings (SSSR count). The number of amides is 1. The van der Waals surface area contributed by atoms with Crippen molar-refractivity contribution in [3.05, 3.63) is 23.8 Å². The monoisotopic (exact) mass is 367 g/mol. The van der Waals surface area contributed by atoms with Gasteiger partial charge in [-0.1, -0.05) is 13.0 Å². The molecule has 1 aromatic carbocycles. The number of piperazine rings is 1. The largest absolute Gasteiger partial charge is 0.476 e. The average molecular weight is 367 g/mol. The molecule has 2 aliphatic heterocycles. The minimum Gasteiger partial charge on any atom is -0.476 e. The minimum absolute atomic E-state index is 0.0160. The molecule has 0 radical (unpaired) electrons. The summed E-state index contributed by atoms with van der Waals surface area (Å²) in [7, 11) is -3.49. The van der Waals surface area contributed by atoms with Gasteiger partial charge >= 0.3 is 0 Å². The van der Waals surface area contributed by atoms with Crippen molar-refractivity contribution in [3.8, 4) is 5.75 Å². The molecule has 0 aromatic heterocycles. The van der Waals surface area contributed by atoms with Gasteiger partial charge in [-0.25, -0.2) is 8.42 Å². The van der Waals surface area contributed by atoms with Gasteiger partial charge in [0.05, 0.1) is 18.5 Å². The number of sulfonamides is 1. The highest BCUT2D eigenvalue weighted by Crippen LogP contribution is 2.36. The van der Waals surface area contributed by atoms with Gasteiger partial charge in [-0.15, -0.1) is 0 Å². The van der Waals surface area contributed by atoms with E-state index in [0.717, 1.165) is 31.5 Å². The van der Waals surface area contributed by atoms with Crippen LogP contribution in [0.2, 0.25) is 0 Å². The highest BCUT2D eigenvalue weighted by Gasteiger charge is 2.37. The molecule has 0 spiro atoms. The highest BCUT2D eigenvalue weighted by molar-refractivity contribution is 7.92. The number of aryl methyl sites for hydroxylation is 1. The number of benzene rings is 1. The number of fused-ring (bicyclic) bond motifs is 1. The molecule has 1 atom stereocenters. The van der Waals surface area contributed by atoms with Gasteiger partial charge in [0.2, 0.25) is 10.0 Å². The maximum atomic E-state index is 12.9. The number of nitrogens with zero attached hydrogens (tertiary/aromatic N) is 3. The first-order valence-electron chi connectivity index (χ1n) is 8.55. The van der Waals surface area contributed by atoms with Gasteiger partial charge in [-0.05, 0) is 31.2 Å². The quantitative estimate of drug-likeness (QED) is 0.786. The molecule has 2 aliphatic rings. The van der Waals surface area contributed by atoms with Crippen molar-refractivity contribution in [3.63, 3.8) is 0 Å². The normalized spacial score (nSPS) is 21.6. The summed E-state index contributed by atoms with van der Waals surface area (Å²) < 4.78 is 31.6. The van der Waals surface area contributed by atoms with Crippen molar-refractivity contribution in [2.45, 2.75) is 20.0 Å². The van der Waals surface area contributed by atoms with E-state index in [1.807, 2.05) is 13.0 Å².